The zero-order chi connectivity index (χ0) is 12.5. The van der Waals surface area contributed by atoms with Gasteiger partial charge in [-0.15, -0.1) is 0 Å². The van der Waals surface area contributed by atoms with Gasteiger partial charge in [-0.05, 0) is 32.1 Å². The van der Waals surface area contributed by atoms with Crippen molar-refractivity contribution in [1.29, 1.82) is 0 Å². The van der Waals surface area contributed by atoms with Crippen LogP contribution in [-0.2, 0) is 14.4 Å². The summed E-state index contributed by atoms with van der Waals surface area (Å²) in [5.41, 5.74) is 0. The number of rotatable bonds is 2. The molecule has 18 heavy (non-hydrogen) atoms. The second-order valence-electron chi connectivity index (χ2n) is 5.52. The summed E-state index contributed by atoms with van der Waals surface area (Å²) in [6.07, 6.45) is 4.80. The van der Waals surface area contributed by atoms with Gasteiger partial charge in [0.05, 0.1) is 19.1 Å². The fourth-order valence-corrected chi connectivity index (χ4v) is 2.79. The number of piperidine rings is 1. The van der Waals surface area contributed by atoms with Crippen LogP contribution in [0.15, 0.2) is 0 Å². The van der Waals surface area contributed by atoms with Gasteiger partial charge >= 0.3 is 0 Å². The Morgan fingerprint density at radius 2 is 1.78 bits per heavy atom. The molecule has 0 radical (unpaired) electrons. The van der Waals surface area contributed by atoms with E-state index in [1.54, 1.807) is 0 Å². The molecule has 2 heterocycles. The molecule has 1 atom stereocenters. The largest absolute Gasteiger partial charge is 0.342 e. The number of likely N-dealkylation sites (tertiary alicyclic amines) is 1. The zero-order valence-corrected chi connectivity index (χ0v) is 10.6. The molecule has 2 saturated heterocycles. The van der Waals surface area contributed by atoms with E-state index in [4.69, 9.17) is 4.84 Å². The summed E-state index contributed by atoms with van der Waals surface area (Å²) in [6, 6.07) is 0. The van der Waals surface area contributed by atoms with Crippen molar-refractivity contribution in [3.05, 3.63) is 0 Å². The van der Waals surface area contributed by atoms with E-state index in [2.05, 4.69) is 0 Å². The van der Waals surface area contributed by atoms with Crippen molar-refractivity contribution in [2.75, 3.05) is 26.2 Å². The van der Waals surface area contributed by atoms with Crippen LogP contribution in [0.2, 0.25) is 0 Å². The summed E-state index contributed by atoms with van der Waals surface area (Å²) in [4.78, 5) is 31.4. The molecule has 3 fully saturated rings. The van der Waals surface area contributed by atoms with Gasteiger partial charge in [0.25, 0.3) is 5.91 Å². The minimum atomic E-state index is -0.0560. The molecule has 0 bridgehead atoms. The average Bonchev–Trinajstić information content (AvgIpc) is 3.12. The first-order chi connectivity index (χ1) is 8.75. The molecule has 5 nitrogen and oxygen atoms in total. The highest BCUT2D eigenvalue weighted by molar-refractivity contribution is 5.83. The van der Waals surface area contributed by atoms with Gasteiger partial charge in [0.1, 0.15) is 0 Å². The normalized spacial score (nSPS) is 28.6. The lowest BCUT2D eigenvalue weighted by molar-refractivity contribution is -0.175. The van der Waals surface area contributed by atoms with Gasteiger partial charge in [-0.25, -0.2) is 5.06 Å². The van der Waals surface area contributed by atoms with Gasteiger partial charge in [-0.1, -0.05) is 0 Å². The highest BCUT2D eigenvalue weighted by atomic mass is 16.7. The SMILES string of the molecule is O=C(C1CC1)N1CCCC(C(=O)N2CCCO2)C1. The minimum Gasteiger partial charge on any atom is -0.342 e. The molecule has 1 unspecified atom stereocenters. The number of carbonyl (C=O) groups is 2. The van der Waals surface area contributed by atoms with Gasteiger partial charge in [0.2, 0.25) is 5.91 Å². The summed E-state index contributed by atoms with van der Waals surface area (Å²) in [7, 11) is 0. The molecular weight excluding hydrogens is 232 g/mol. The Bertz CT molecular complexity index is 348. The maximum atomic E-state index is 12.2. The Morgan fingerprint density at radius 3 is 2.44 bits per heavy atom. The third-order valence-corrected chi connectivity index (χ3v) is 4.01. The molecule has 100 valence electrons. The third kappa shape index (κ3) is 2.36. The van der Waals surface area contributed by atoms with Crippen LogP contribution in [0.3, 0.4) is 0 Å². The number of hydroxylamine groups is 2. The number of hydrogen-bond acceptors (Lipinski definition) is 3. The maximum Gasteiger partial charge on any atom is 0.251 e. The van der Waals surface area contributed by atoms with E-state index < -0.39 is 0 Å². The lowest BCUT2D eigenvalue weighted by Crippen LogP contribution is -2.46. The summed E-state index contributed by atoms with van der Waals surface area (Å²) in [6.45, 7) is 2.75. The smallest absolute Gasteiger partial charge is 0.251 e. The first-order valence-corrected chi connectivity index (χ1v) is 6.99. The molecule has 0 spiro atoms. The minimum absolute atomic E-state index is 0.0560. The van der Waals surface area contributed by atoms with Crippen LogP contribution in [0.1, 0.15) is 32.1 Å². The van der Waals surface area contributed by atoms with Crippen LogP contribution < -0.4 is 0 Å². The topological polar surface area (TPSA) is 49.9 Å². The fraction of sp³-hybridized carbons (Fsp3) is 0.846. The number of hydrogen-bond donors (Lipinski definition) is 0. The van der Waals surface area contributed by atoms with E-state index >= 15 is 0 Å². The predicted molar refractivity (Wildman–Crippen MR) is 64.3 cm³/mol. The van der Waals surface area contributed by atoms with E-state index in [1.165, 1.54) is 5.06 Å². The second kappa shape index (κ2) is 4.88. The lowest BCUT2D eigenvalue weighted by Gasteiger charge is -2.33. The van der Waals surface area contributed by atoms with Crippen molar-refractivity contribution in [3.8, 4) is 0 Å². The number of amides is 2. The standard InChI is InChI=1S/C13H20N2O3/c16-12(10-4-5-10)14-6-1-3-11(9-14)13(17)15-7-2-8-18-15/h10-11H,1-9H2. The van der Waals surface area contributed by atoms with Crippen LogP contribution in [0.5, 0.6) is 0 Å². The van der Waals surface area contributed by atoms with Gasteiger partial charge in [0.15, 0.2) is 0 Å². The van der Waals surface area contributed by atoms with Crippen LogP contribution >= 0.6 is 0 Å². The first-order valence-electron chi connectivity index (χ1n) is 6.99. The van der Waals surface area contributed by atoms with Crippen molar-refractivity contribution >= 4 is 11.8 Å². The summed E-state index contributed by atoms with van der Waals surface area (Å²) in [5.74, 6) is 0.525. The Balaban J connectivity index is 1.58. The zero-order valence-electron chi connectivity index (χ0n) is 10.6. The lowest BCUT2D eigenvalue weighted by atomic mass is 9.96. The molecule has 3 aliphatic rings. The molecule has 3 rings (SSSR count). The Hall–Kier alpha value is -1.10. The molecule has 2 amide bonds. The van der Waals surface area contributed by atoms with E-state index in [-0.39, 0.29) is 23.7 Å². The van der Waals surface area contributed by atoms with Crippen LogP contribution in [0, 0.1) is 11.8 Å². The van der Waals surface area contributed by atoms with E-state index in [1.807, 2.05) is 4.90 Å². The van der Waals surface area contributed by atoms with E-state index in [0.29, 0.717) is 19.7 Å². The Kier molecular flexibility index (Phi) is 3.24. The molecular formula is C13H20N2O3. The highest BCUT2D eigenvalue weighted by Gasteiger charge is 2.38. The Morgan fingerprint density at radius 1 is 0.944 bits per heavy atom. The third-order valence-electron chi connectivity index (χ3n) is 4.01. The van der Waals surface area contributed by atoms with Gasteiger partial charge in [-0.3, -0.25) is 14.4 Å². The molecule has 1 aliphatic carbocycles. The van der Waals surface area contributed by atoms with Gasteiger partial charge in [0, 0.05) is 19.0 Å². The van der Waals surface area contributed by atoms with Crippen LogP contribution in [0.4, 0.5) is 0 Å². The summed E-state index contributed by atoms with van der Waals surface area (Å²) in [5, 5.41) is 1.50. The van der Waals surface area contributed by atoms with Crippen molar-refractivity contribution < 1.29 is 14.4 Å². The van der Waals surface area contributed by atoms with Crippen LogP contribution in [0.25, 0.3) is 0 Å². The Labute approximate surface area is 107 Å². The molecule has 2 aliphatic heterocycles. The van der Waals surface area contributed by atoms with Crippen LogP contribution in [-0.4, -0.2) is 48.0 Å². The number of carbonyl (C=O) groups excluding carboxylic acids is 2. The van der Waals surface area contributed by atoms with Crippen molar-refractivity contribution in [1.82, 2.24) is 9.96 Å². The van der Waals surface area contributed by atoms with Gasteiger partial charge in [-0.2, -0.15) is 0 Å². The molecule has 1 saturated carbocycles. The monoisotopic (exact) mass is 252 g/mol. The quantitative estimate of drug-likeness (QED) is 0.730. The predicted octanol–water partition coefficient (Wildman–Crippen LogP) is 0.799. The molecule has 0 aromatic rings. The molecule has 5 heteroatoms. The van der Waals surface area contributed by atoms with Crippen molar-refractivity contribution in [3.63, 3.8) is 0 Å². The van der Waals surface area contributed by atoms with Crippen molar-refractivity contribution in [2.24, 2.45) is 11.8 Å². The fourth-order valence-electron chi connectivity index (χ4n) is 2.79. The summed E-state index contributed by atoms with van der Waals surface area (Å²) < 4.78 is 0. The maximum absolute atomic E-state index is 12.2. The second-order valence-corrected chi connectivity index (χ2v) is 5.52. The summed E-state index contributed by atoms with van der Waals surface area (Å²) >= 11 is 0. The van der Waals surface area contributed by atoms with E-state index in [9.17, 15) is 9.59 Å². The average molecular weight is 252 g/mol. The first kappa shape index (κ1) is 12.0. The highest BCUT2D eigenvalue weighted by Crippen LogP contribution is 2.32. The molecule has 0 N–H and O–H groups in total. The van der Waals surface area contributed by atoms with E-state index in [0.717, 1.165) is 38.6 Å². The number of nitrogens with zero attached hydrogens (tertiary/aromatic N) is 2. The van der Waals surface area contributed by atoms with Crippen molar-refractivity contribution in [2.45, 2.75) is 32.1 Å². The molecule has 0 aromatic carbocycles. The molecule has 0 aromatic heterocycles. The van der Waals surface area contributed by atoms with Gasteiger partial charge < -0.3 is 4.90 Å².